The van der Waals surface area contributed by atoms with Crippen LogP contribution in [0.1, 0.15) is 10.4 Å². The lowest BCUT2D eigenvalue weighted by Gasteiger charge is -2.04. The average molecular weight is 239 g/mol. The zero-order valence-electron chi connectivity index (χ0n) is 9.29. The minimum absolute atomic E-state index is 0.201. The number of rotatable bonds is 2. The third kappa shape index (κ3) is 1.80. The first-order chi connectivity index (χ1) is 8.84. The number of nitrogens with zero attached hydrogens (tertiary/aromatic N) is 3. The number of carbonyl (C=O) groups excluding carboxylic acids is 1. The highest BCUT2D eigenvalue weighted by Crippen LogP contribution is 2.19. The van der Waals surface area contributed by atoms with Crippen LogP contribution in [0.25, 0.3) is 11.0 Å². The van der Waals surface area contributed by atoms with Crippen LogP contribution >= 0.6 is 0 Å². The Hall–Kier alpha value is -2.76. The minimum atomic E-state index is -0.201. The summed E-state index contributed by atoms with van der Waals surface area (Å²) in [6, 6.07) is 8.72. The van der Waals surface area contributed by atoms with E-state index in [9.17, 15) is 4.79 Å². The lowest BCUT2D eigenvalue weighted by molar-refractivity contribution is 0.102. The molecule has 0 saturated carbocycles. The molecule has 6 nitrogen and oxygen atoms in total. The van der Waals surface area contributed by atoms with Crippen LogP contribution in [0, 0.1) is 0 Å². The van der Waals surface area contributed by atoms with Crippen molar-refractivity contribution >= 4 is 22.6 Å². The van der Waals surface area contributed by atoms with Crippen LogP contribution in [0.5, 0.6) is 0 Å². The Morgan fingerprint density at radius 3 is 2.78 bits per heavy atom. The van der Waals surface area contributed by atoms with Crippen molar-refractivity contribution in [2.75, 3.05) is 5.32 Å². The van der Waals surface area contributed by atoms with E-state index in [0.717, 1.165) is 0 Å². The number of H-pyrrole nitrogens is 1. The molecule has 0 aliphatic heterocycles. The number of fused-ring (bicyclic) bond motifs is 1. The standard InChI is InChI=1S/C12H9N5O/c18-12(8-4-6-13-7-5-8)14-9-2-1-3-10-11(9)16-17-15-10/h1-7H,(H,14,18)(H,15,16,17). The first kappa shape index (κ1) is 10.4. The van der Waals surface area contributed by atoms with E-state index in [2.05, 4.69) is 25.7 Å². The molecule has 1 aromatic carbocycles. The van der Waals surface area contributed by atoms with Crippen molar-refractivity contribution in [2.24, 2.45) is 0 Å². The van der Waals surface area contributed by atoms with Gasteiger partial charge in [0.1, 0.15) is 11.0 Å². The zero-order valence-corrected chi connectivity index (χ0v) is 9.29. The number of para-hydroxylation sites is 1. The van der Waals surface area contributed by atoms with Gasteiger partial charge in [-0.15, -0.1) is 0 Å². The highest BCUT2D eigenvalue weighted by atomic mass is 16.1. The van der Waals surface area contributed by atoms with Crippen LogP contribution in [0.15, 0.2) is 42.7 Å². The monoisotopic (exact) mass is 239 g/mol. The summed E-state index contributed by atoms with van der Waals surface area (Å²) in [6.45, 7) is 0. The fourth-order valence-corrected chi connectivity index (χ4v) is 1.67. The van der Waals surface area contributed by atoms with Gasteiger partial charge in [0.25, 0.3) is 5.91 Å². The fourth-order valence-electron chi connectivity index (χ4n) is 1.67. The number of hydrogen-bond donors (Lipinski definition) is 2. The molecule has 0 fully saturated rings. The summed E-state index contributed by atoms with van der Waals surface area (Å²) >= 11 is 0. The molecule has 3 rings (SSSR count). The maximum absolute atomic E-state index is 12.0. The molecule has 0 spiro atoms. The van der Waals surface area contributed by atoms with Gasteiger partial charge in [-0.2, -0.15) is 15.4 Å². The summed E-state index contributed by atoms with van der Waals surface area (Å²) < 4.78 is 0. The van der Waals surface area contributed by atoms with Crippen LogP contribution in [-0.4, -0.2) is 26.3 Å². The number of amides is 1. The highest BCUT2D eigenvalue weighted by Gasteiger charge is 2.09. The second-order valence-corrected chi connectivity index (χ2v) is 3.69. The van der Waals surface area contributed by atoms with Crippen molar-refractivity contribution in [3.05, 3.63) is 48.3 Å². The summed E-state index contributed by atoms with van der Waals surface area (Å²) in [7, 11) is 0. The minimum Gasteiger partial charge on any atom is -0.320 e. The molecular formula is C12H9N5O. The summed E-state index contributed by atoms with van der Waals surface area (Å²) in [5, 5.41) is 13.3. The van der Waals surface area contributed by atoms with Crippen molar-refractivity contribution in [3.63, 3.8) is 0 Å². The second kappa shape index (κ2) is 4.25. The Morgan fingerprint density at radius 2 is 1.94 bits per heavy atom. The number of aromatic amines is 1. The molecule has 2 heterocycles. The molecule has 2 N–H and O–H groups in total. The quantitative estimate of drug-likeness (QED) is 0.711. The van der Waals surface area contributed by atoms with Crippen LogP contribution in [0.4, 0.5) is 5.69 Å². The zero-order chi connectivity index (χ0) is 12.4. The number of pyridine rings is 1. The molecule has 0 saturated heterocycles. The van der Waals surface area contributed by atoms with Crippen molar-refractivity contribution in [2.45, 2.75) is 0 Å². The van der Waals surface area contributed by atoms with E-state index in [1.54, 1.807) is 30.6 Å². The van der Waals surface area contributed by atoms with E-state index in [4.69, 9.17) is 0 Å². The molecule has 0 bridgehead atoms. The molecule has 0 unspecified atom stereocenters. The van der Waals surface area contributed by atoms with E-state index < -0.39 is 0 Å². The molecule has 2 aromatic heterocycles. The normalized spacial score (nSPS) is 10.4. The number of anilines is 1. The predicted octanol–water partition coefficient (Wildman–Crippen LogP) is 1.61. The summed E-state index contributed by atoms with van der Waals surface area (Å²) in [4.78, 5) is 15.9. The summed E-state index contributed by atoms with van der Waals surface area (Å²) in [5.74, 6) is -0.201. The second-order valence-electron chi connectivity index (χ2n) is 3.69. The number of hydrogen-bond acceptors (Lipinski definition) is 4. The third-order valence-corrected chi connectivity index (χ3v) is 2.54. The van der Waals surface area contributed by atoms with E-state index in [1.165, 1.54) is 0 Å². The number of benzene rings is 1. The SMILES string of the molecule is O=C(Nc1cccc2n[nH]nc12)c1ccncc1. The fraction of sp³-hybridized carbons (Fsp3) is 0. The number of aromatic nitrogens is 4. The molecule has 0 aliphatic carbocycles. The lowest BCUT2D eigenvalue weighted by Crippen LogP contribution is -2.12. The van der Waals surface area contributed by atoms with Gasteiger partial charge in [-0.3, -0.25) is 9.78 Å². The molecule has 6 heteroatoms. The van der Waals surface area contributed by atoms with Crippen LogP contribution < -0.4 is 5.32 Å². The maximum Gasteiger partial charge on any atom is 0.255 e. The van der Waals surface area contributed by atoms with Gasteiger partial charge in [0.2, 0.25) is 0 Å². The highest BCUT2D eigenvalue weighted by molar-refractivity contribution is 6.07. The van der Waals surface area contributed by atoms with E-state index in [1.807, 2.05) is 12.1 Å². The maximum atomic E-state index is 12.0. The van der Waals surface area contributed by atoms with E-state index in [0.29, 0.717) is 22.3 Å². The number of nitrogens with one attached hydrogen (secondary N) is 2. The van der Waals surface area contributed by atoms with E-state index >= 15 is 0 Å². The van der Waals surface area contributed by atoms with Crippen molar-refractivity contribution in [3.8, 4) is 0 Å². The molecule has 1 amide bonds. The predicted molar refractivity (Wildman–Crippen MR) is 66.1 cm³/mol. The first-order valence-electron chi connectivity index (χ1n) is 5.35. The largest absolute Gasteiger partial charge is 0.320 e. The van der Waals surface area contributed by atoms with Crippen molar-refractivity contribution in [1.82, 2.24) is 20.4 Å². The smallest absolute Gasteiger partial charge is 0.255 e. The molecule has 0 aliphatic rings. The topological polar surface area (TPSA) is 83.6 Å². The first-order valence-corrected chi connectivity index (χ1v) is 5.35. The van der Waals surface area contributed by atoms with E-state index in [-0.39, 0.29) is 5.91 Å². The molecule has 0 atom stereocenters. The van der Waals surface area contributed by atoms with Gasteiger partial charge in [-0.1, -0.05) is 6.07 Å². The van der Waals surface area contributed by atoms with Gasteiger partial charge < -0.3 is 5.32 Å². The van der Waals surface area contributed by atoms with Crippen LogP contribution in [0.2, 0.25) is 0 Å². The van der Waals surface area contributed by atoms with Gasteiger partial charge in [0, 0.05) is 18.0 Å². The van der Waals surface area contributed by atoms with Gasteiger partial charge in [0.15, 0.2) is 0 Å². The Labute approximate surface area is 102 Å². The van der Waals surface area contributed by atoms with Crippen molar-refractivity contribution < 1.29 is 4.79 Å². The Bertz CT molecular complexity index is 692. The Balaban J connectivity index is 1.93. The Morgan fingerprint density at radius 1 is 1.11 bits per heavy atom. The van der Waals surface area contributed by atoms with Crippen LogP contribution in [-0.2, 0) is 0 Å². The van der Waals surface area contributed by atoms with Gasteiger partial charge >= 0.3 is 0 Å². The van der Waals surface area contributed by atoms with Gasteiger partial charge in [0.05, 0.1) is 5.69 Å². The summed E-state index contributed by atoms with van der Waals surface area (Å²) in [6.07, 6.45) is 3.15. The summed E-state index contributed by atoms with van der Waals surface area (Å²) in [5.41, 5.74) is 2.52. The lowest BCUT2D eigenvalue weighted by atomic mass is 10.2. The molecule has 88 valence electrons. The molecule has 18 heavy (non-hydrogen) atoms. The van der Waals surface area contributed by atoms with Crippen LogP contribution in [0.3, 0.4) is 0 Å². The number of carbonyl (C=O) groups is 1. The third-order valence-electron chi connectivity index (χ3n) is 2.54. The molecule has 3 aromatic rings. The molecule has 0 radical (unpaired) electrons. The Kier molecular flexibility index (Phi) is 2.45. The van der Waals surface area contributed by atoms with Gasteiger partial charge in [-0.05, 0) is 24.3 Å². The molecular weight excluding hydrogens is 230 g/mol. The average Bonchev–Trinajstić information content (AvgIpc) is 2.89. The van der Waals surface area contributed by atoms with Crippen molar-refractivity contribution in [1.29, 1.82) is 0 Å². The van der Waals surface area contributed by atoms with Gasteiger partial charge in [-0.25, -0.2) is 0 Å².